The van der Waals surface area contributed by atoms with Crippen LogP contribution < -0.4 is 5.32 Å². The smallest absolute Gasteiger partial charge is 0.191 e. The molecule has 168 valence electrons. The van der Waals surface area contributed by atoms with Crippen LogP contribution in [0.2, 0.25) is 0 Å². The molecule has 12 heteroatoms. The van der Waals surface area contributed by atoms with E-state index in [2.05, 4.69) is 20.4 Å². The minimum atomic E-state index is -0.623. The lowest BCUT2D eigenvalue weighted by atomic mass is 9.93. The van der Waals surface area contributed by atoms with Crippen LogP contribution in [0.1, 0.15) is 17.1 Å². The molecule has 0 aliphatic carbocycles. The summed E-state index contributed by atoms with van der Waals surface area (Å²) in [6, 6.07) is 1.95. The van der Waals surface area contributed by atoms with Gasteiger partial charge < -0.3 is 14.0 Å². The van der Waals surface area contributed by atoms with Crippen LogP contribution in [-0.2, 0) is 24.8 Å². The van der Waals surface area contributed by atoms with E-state index in [4.69, 9.17) is 23.8 Å². The number of hydrogen-bond acceptors (Lipinski definition) is 12. The second-order valence-electron chi connectivity index (χ2n) is 7.92. The van der Waals surface area contributed by atoms with Crippen LogP contribution in [0, 0.1) is 0 Å². The Balaban J connectivity index is 1.56. The first kappa shape index (κ1) is 20.5. The van der Waals surface area contributed by atoms with Gasteiger partial charge in [0, 0.05) is 49.6 Å². The number of ether oxygens (including phenoxy) is 2. The fourth-order valence-electron chi connectivity index (χ4n) is 4.98. The zero-order chi connectivity index (χ0) is 20.7. The van der Waals surface area contributed by atoms with Gasteiger partial charge in [0.25, 0.3) is 0 Å². The van der Waals surface area contributed by atoms with Crippen LogP contribution in [-0.4, -0.2) is 89.8 Å². The maximum absolute atomic E-state index is 6.26. The van der Waals surface area contributed by atoms with Crippen molar-refractivity contribution in [1.29, 1.82) is 0 Å². The molecule has 0 aromatic carbocycles. The van der Waals surface area contributed by atoms with E-state index < -0.39 is 10.5 Å². The van der Waals surface area contributed by atoms with E-state index in [1.54, 1.807) is 17.6 Å². The summed E-state index contributed by atoms with van der Waals surface area (Å²) in [5.74, 6) is 0.744. The largest absolute Gasteiger partial charge is 0.379 e. The first-order chi connectivity index (χ1) is 15.4. The molecular formula is C19H26N6O4S2. The predicted octanol–water partition coefficient (Wildman–Crippen LogP) is 1.02. The Bertz CT molecular complexity index is 855. The topological polar surface area (TPSA) is 88.4 Å². The summed E-state index contributed by atoms with van der Waals surface area (Å²) >= 11 is 3.53. The van der Waals surface area contributed by atoms with Crippen molar-refractivity contribution in [2.75, 3.05) is 58.4 Å². The fraction of sp³-hybridized carbons (Fsp3) is 0.684. The summed E-state index contributed by atoms with van der Waals surface area (Å²) in [4.78, 5) is 13.0. The van der Waals surface area contributed by atoms with Crippen LogP contribution in [0.15, 0.2) is 28.4 Å². The minimum absolute atomic E-state index is 0.253. The third-order valence-corrected chi connectivity index (χ3v) is 8.91. The summed E-state index contributed by atoms with van der Waals surface area (Å²) in [5.41, 5.74) is 0.212. The number of nitrogens with zero attached hydrogens (tertiary/aromatic N) is 5. The third-order valence-electron chi connectivity index (χ3n) is 6.30. The average molecular weight is 467 g/mol. The summed E-state index contributed by atoms with van der Waals surface area (Å²) in [7, 11) is 0. The van der Waals surface area contributed by atoms with E-state index in [1.807, 2.05) is 34.6 Å². The number of aromatic nitrogens is 2. The lowest BCUT2D eigenvalue weighted by Crippen LogP contribution is -2.69. The molecule has 2 aromatic rings. The maximum atomic E-state index is 6.26. The van der Waals surface area contributed by atoms with E-state index in [-0.39, 0.29) is 6.23 Å². The number of hydroxylamine groups is 1. The molecule has 6 rings (SSSR count). The molecule has 4 saturated heterocycles. The van der Waals surface area contributed by atoms with Gasteiger partial charge in [-0.25, -0.2) is 4.98 Å². The Morgan fingerprint density at radius 3 is 2.77 bits per heavy atom. The van der Waals surface area contributed by atoms with Gasteiger partial charge in [-0.2, -0.15) is 5.01 Å². The summed E-state index contributed by atoms with van der Waals surface area (Å²) < 4.78 is 17.3. The molecule has 4 fully saturated rings. The lowest BCUT2D eigenvalue weighted by Gasteiger charge is -2.53. The number of rotatable bonds is 5. The van der Waals surface area contributed by atoms with Crippen LogP contribution in [0.5, 0.6) is 0 Å². The summed E-state index contributed by atoms with van der Waals surface area (Å²) in [5, 5.41) is 15.4. The van der Waals surface area contributed by atoms with Gasteiger partial charge in [0.05, 0.1) is 26.4 Å². The molecule has 0 bridgehead atoms. The number of hydrazine groups is 1. The molecule has 4 aliphatic heterocycles. The van der Waals surface area contributed by atoms with Crippen LogP contribution in [0.3, 0.4) is 0 Å². The zero-order valence-electron chi connectivity index (χ0n) is 17.1. The van der Waals surface area contributed by atoms with Gasteiger partial charge in [-0.1, -0.05) is 5.16 Å². The molecule has 0 spiro atoms. The van der Waals surface area contributed by atoms with Gasteiger partial charge in [-0.15, -0.1) is 28.3 Å². The Labute approximate surface area is 188 Å². The highest BCUT2D eigenvalue weighted by atomic mass is 32.2. The second-order valence-corrected chi connectivity index (χ2v) is 9.96. The molecular weight excluding hydrogens is 440 g/mol. The molecule has 1 N–H and O–H groups in total. The van der Waals surface area contributed by atoms with Crippen LogP contribution in [0.25, 0.3) is 0 Å². The second kappa shape index (κ2) is 8.36. The van der Waals surface area contributed by atoms with Gasteiger partial charge in [0.15, 0.2) is 4.99 Å². The fourth-order valence-corrected chi connectivity index (χ4v) is 7.80. The van der Waals surface area contributed by atoms with E-state index in [1.165, 1.54) is 0 Å². The number of morpholine rings is 1. The van der Waals surface area contributed by atoms with E-state index in [0.29, 0.717) is 26.4 Å². The summed E-state index contributed by atoms with van der Waals surface area (Å²) in [6.45, 7) is 5.94. The molecule has 3 unspecified atom stereocenters. The Kier molecular flexibility index (Phi) is 5.53. The van der Waals surface area contributed by atoms with Gasteiger partial charge in [-0.3, -0.25) is 15.1 Å². The first-order valence-electron chi connectivity index (χ1n) is 10.7. The van der Waals surface area contributed by atoms with Crippen molar-refractivity contribution in [2.45, 2.75) is 23.2 Å². The van der Waals surface area contributed by atoms with Crippen molar-refractivity contribution >= 4 is 23.1 Å². The molecule has 6 heterocycles. The molecule has 0 radical (unpaired) electrons. The standard InChI is InChI=1S/C19H26N6O4S2/c1-5-24(29-8-1)25-18(15-2-9-28-22-15,16-20-3-10-27-16)14-31-19(25,17-21-4-13-30-17)23-6-11-26-12-7-23/h2,4,9,13,16,20H,1,3,5-8,10-12,14H2. The van der Waals surface area contributed by atoms with Crippen LogP contribution >= 0.6 is 23.1 Å². The van der Waals surface area contributed by atoms with E-state index >= 15 is 0 Å². The number of nitrogens with one attached hydrogen (secondary N) is 1. The van der Waals surface area contributed by atoms with Crippen molar-refractivity contribution < 1.29 is 18.8 Å². The molecule has 0 amide bonds. The normalized spacial score (nSPS) is 35.9. The van der Waals surface area contributed by atoms with Crippen molar-refractivity contribution in [3.63, 3.8) is 0 Å². The Morgan fingerprint density at radius 2 is 2.10 bits per heavy atom. The zero-order valence-corrected chi connectivity index (χ0v) is 18.8. The van der Waals surface area contributed by atoms with Crippen molar-refractivity contribution in [3.8, 4) is 0 Å². The SMILES string of the molecule is c1csc(C2(N3CCOCC3)SCC(c3ccon3)(C3NCCO3)N2N2CCCO2)n1. The average Bonchev–Trinajstić information content (AvgIpc) is 3.64. The molecule has 31 heavy (non-hydrogen) atoms. The monoisotopic (exact) mass is 466 g/mol. The minimum Gasteiger partial charge on any atom is -0.379 e. The van der Waals surface area contributed by atoms with E-state index in [0.717, 1.165) is 49.1 Å². The summed E-state index contributed by atoms with van der Waals surface area (Å²) in [6.07, 6.45) is 4.23. The van der Waals surface area contributed by atoms with Gasteiger partial charge in [0.2, 0.25) is 0 Å². The quantitative estimate of drug-likeness (QED) is 0.685. The molecule has 2 aromatic heterocycles. The first-order valence-corrected chi connectivity index (χ1v) is 12.6. The third kappa shape index (κ3) is 3.12. The van der Waals surface area contributed by atoms with Crippen molar-refractivity contribution in [3.05, 3.63) is 34.6 Å². The van der Waals surface area contributed by atoms with Crippen LogP contribution in [0.4, 0.5) is 0 Å². The maximum Gasteiger partial charge on any atom is 0.191 e. The van der Waals surface area contributed by atoms with Gasteiger partial charge in [0.1, 0.15) is 28.7 Å². The number of hydrogen-bond donors (Lipinski definition) is 1. The Morgan fingerprint density at radius 1 is 1.16 bits per heavy atom. The number of thioether (sulfide) groups is 1. The molecule has 3 atom stereocenters. The molecule has 4 aliphatic rings. The predicted molar refractivity (Wildman–Crippen MR) is 114 cm³/mol. The lowest BCUT2D eigenvalue weighted by molar-refractivity contribution is -0.338. The van der Waals surface area contributed by atoms with E-state index in [9.17, 15) is 0 Å². The highest BCUT2D eigenvalue weighted by Gasteiger charge is 2.68. The van der Waals surface area contributed by atoms with Crippen molar-refractivity contribution in [1.82, 2.24) is 30.5 Å². The molecule has 0 saturated carbocycles. The molecule has 10 nitrogen and oxygen atoms in total. The number of thiazole rings is 1. The van der Waals surface area contributed by atoms with Gasteiger partial charge in [-0.05, 0) is 6.42 Å². The highest BCUT2D eigenvalue weighted by molar-refractivity contribution is 8.00. The Hall–Kier alpha value is -1.09. The van der Waals surface area contributed by atoms with Crippen molar-refractivity contribution in [2.24, 2.45) is 0 Å². The highest BCUT2D eigenvalue weighted by Crippen LogP contribution is 2.59. The van der Waals surface area contributed by atoms with Gasteiger partial charge >= 0.3 is 0 Å².